The standard InChI is InChI=1S/C21H27F2N/c1-4-15(2)21(19-10-6-5-8-16(19)3)24-13-7-9-17-14-18(22)11-12-20(17)23/h5-6,8,10-12,14-15,21,24H,4,7,9,13H2,1-3H3. The maximum absolute atomic E-state index is 13.7. The third-order valence-corrected chi connectivity index (χ3v) is 4.73. The number of hydrogen-bond acceptors (Lipinski definition) is 1. The van der Waals surface area contributed by atoms with E-state index in [2.05, 4.69) is 50.4 Å². The van der Waals surface area contributed by atoms with Gasteiger partial charge in [0.1, 0.15) is 11.6 Å². The van der Waals surface area contributed by atoms with Crippen LogP contribution in [0.1, 0.15) is 49.4 Å². The van der Waals surface area contributed by atoms with Crippen molar-refractivity contribution in [2.75, 3.05) is 6.54 Å². The molecule has 0 spiro atoms. The van der Waals surface area contributed by atoms with E-state index in [1.54, 1.807) is 0 Å². The molecular formula is C21H27F2N. The predicted octanol–water partition coefficient (Wildman–Crippen LogP) is 5.58. The van der Waals surface area contributed by atoms with Crippen molar-refractivity contribution in [1.82, 2.24) is 5.32 Å². The molecule has 2 atom stereocenters. The van der Waals surface area contributed by atoms with E-state index in [9.17, 15) is 8.78 Å². The summed E-state index contributed by atoms with van der Waals surface area (Å²) in [5.74, 6) is -0.192. The predicted molar refractivity (Wildman–Crippen MR) is 96.1 cm³/mol. The highest BCUT2D eigenvalue weighted by atomic mass is 19.1. The fourth-order valence-electron chi connectivity index (χ4n) is 3.06. The van der Waals surface area contributed by atoms with Gasteiger partial charge in [-0.3, -0.25) is 0 Å². The second-order valence-corrected chi connectivity index (χ2v) is 6.51. The zero-order valence-electron chi connectivity index (χ0n) is 14.8. The van der Waals surface area contributed by atoms with Crippen molar-refractivity contribution in [2.45, 2.75) is 46.1 Å². The van der Waals surface area contributed by atoms with Crippen molar-refractivity contribution < 1.29 is 8.78 Å². The maximum Gasteiger partial charge on any atom is 0.126 e. The molecule has 2 rings (SSSR count). The summed E-state index contributed by atoms with van der Waals surface area (Å²) in [5, 5.41) is 3.62. The Kier molecular flexibility index (Phi) is 6.92. The summed E-state index contributed by atoms with van der Waals surface area (Å²) in [6.07, 6.45) is 2.40. The summed E-state index contributed by atoms with van der Waals surface area (Å²) in [6, 6.07) is 12.4. The first-order chi connectivity index (χ1) is 11.5. The minimum Gasteiger partial charge on any atom is -0.310 e. The van der Waals surface area contributed by atoms with Crippen LogP contribution in [0.5, 0.6) is 0 Å². The van der Waals surface area contributed by atoms with E-state index in [1.807, 2.05) is 0 Å². The molecule has 24 heavy (non-hydrogen) atoms. The molecule has 0 aliphatic carbocycles. The number of aryl methyl sites for hydroxylation is 2. The Bertz CT molecular complexity index is 654. The molecule has 1 nitrogen and oxygen atoms in total. The van der Waals surface area contributed by atoms with Crippen molar-refractivity contribution in [1.29, 1.82) is 0 Å². The highest BCUT2D eigenvalue weighted by Crippen LogP contribution is 2.27. The van der Waals surface area contributed by atoms with Crippen LogP contribution in [0, 0.1) is 24.5 Å². The van der Waals surface area contributed by atoms with Gasteiger partial charge in [0.25, 0.3) is 0 Å². The van der Waals surface area contributed by atoms with Gasteiger partial charge >= 0.3 is 0 Å². The average molecular weight is 331 g/mol. The largest absolute Gasteiger partial charge is 0.310 e. The monoisotopic (exact) mass is 331 g/mol. The first kappa shape index (κ1) is 18.6. The molecule has 0 aromatic heterocycles. The molecule has 2 aromatic carbocycles. The fourth-order valence-corrected chi connectivity index (χ4v) is 3.06. The van der Waals surface area contributed by atoms with E-state index in [1.165, 1.54) is 23.3 Å². The molecule has 0 saturated heterocycles. The van der Waals surface area contributed by atoms with Crippen LogP contribution >= 0.6 is 0 Å². The summed E-state index contributed by atoms with van der Waals surface area (Å²) >= 11 is 0. The Morgan fingerprint density at radius 1 is 1.08 bits per heavy atom. The van der Waals surface area contributed by atoms with Crippen LogP contribution in [0.4, 0.5) is 8.78 Å². The number of benzene rings is 2. The highest BCUT2D eigenvalue weighted by Gasteiger charge is 2.18. The zero-order chi connectivity index (χ0) is 17.5. The molecule has 1 N–H and O–H groups in total. The van der Waals surface area contributed by atoms with Gasteiger partial charge in [-0.25, -0.2) is 8.78 Å². The maximum atomic E-state index is 13.7. The van der Waals surface area contributed by atoms with Crippen LogP contribution in [-0.2, 0) is 6.42 Å². The lowest BCUT2D eigenvalue weighted by atomic mass is 9.89. The molecule has 2 unspecified atom stereocenters. The van der Waals surface area contributed by atoms with E-state index in [0.29, 0.717) is 17.9 Å². The molecule has 0 aliphatic heterocycles. The van der Waals surface area contributed by atoms with Gasteiger partial charge in [-0.2, -0.15) is 0 Å². The van der Waals surface area contributed by atoms with Gasteiger partial charge in [0, 0.05) is 6.04 Å². The molecule has 2 aromatic rings. The summed E-state index contributed by atoms with van der Waals surface area (Å²) in [4.78, 5) is 0. The smallest absolute Gasteiger partial charge is 0.126 e. The van der Waals surface area contributed by atoms with Crippen LogP contribution in [-0.4, -0.2) is 6.54 Å². The van der Waals surface area contributed by atoms with Gasteiger partial charge in [0.2, 0.25) is 0 Å². The average Bonchev–Trinajstić information content (AvgIpc) is 2.58. The lowest BCUT2D eigenvalue weighted by molar-refractivity contribution is 0.373. The van der Waals surface area contributed by atoms with Crippen molar-refractivity contribution in [2.24, 2.45) is 5.92 Å². The van der Waals surface area contributed by atoms with E-state index in [0.717, 1.165) is 25.5 Å². The second-order valence-electron chi connectivity index (χ2n) is 6.51. The first-order valence-corrected chi connectivity index (χ1v) is 8.75. The van der Waals surface area contributed by atoms with Crippen LogP contribution < -0.4 is 5.32 Å². The van der Waals surface area contributed by atoms with Crippen molar-refractivity contribution >= 4 is 0 Å². The van der Waals surface area contributed by atoms with Gasteiger partial charge in [-0.1, -0.05) is 44.5 Å². The third-order valence-electron chi connectivity index (χ3n) is 4.73. The Balaban J connectivity index is 1.96. The minimum atomic E-state index is -0.378. The Labute approximate surface area is 144 Å². The Hall–Kier alpha value is -1.74. The first-order valence-electron chi connectivity index (χ1n) is 8.75. The Morgan fingerprint density at radius 2 is 1.83 bits per heavy atom. The van der Waals surface area contributed by atoms with E-state index in [4.69, 9.17) is 0 Å². The second kappa shape index (κ2) is 8.93. The van der Waals surface area contributed by atoms with E-state index in [-0.39, 0.29) is 17.7 Å². The van der Waals surface area contributed by atoms with Gasteiger partial charge in [-0.05, 0) is 67.1 Å². The molecule has 0 aliphatic rings. The molecule has 0 amide bonds. The molecule has 0 fully saturated rings. The van der Waals surface area contributed by atoms with E-state index < -0.39 is 0 Å². The van der Waals surface area contributed by atoms with Crippen molar-refractivity contribution in [3.8, 4) is 0 Å². The summed E-state index contributed by atoms with van der Waals surface area (Å²) in [5.41, 5.74) is 3.06. The molecule has 0 heterocycles. The van der Waals surface area contributed by atoms with Crippen LogP contribution in [0.25, 0.3) is 0 Å². The molecule has 3 heteroatoms. The minimum absolute atomic E-state index is 0.286. The van der Waals surface area contributed by atoms with Gasteiger partial charge < -0.3 is 5.32 Å². The molecule has 0 saturated carbocycles. The summed E-state index contributed by atoms with van der Waals surface area (Å²) in [6.45, 7) is 7.35. The van der Waals surface area contributed by atoms with Gasteiger partial charge in [0.15, 0.2) is 0 Å². The fraction of sp³-hybridized carbons (Fsp3) is 0.429. The summed E-state index contributed by atoms with van der Waals surface area (Å²) in [7, 11) is 0. The number of halogens is 2. The van der Waals surface area contributed by atoms with E-state index >= 15 is 0 Å². The molecule has 130 valence electrons. The summed E-state index contributed by atoms with van der Waals surface area (Å²) < 4.78 is 26.9. The van der Waals surface area contributed by atoms with Crippen LogP contribution in [0.15, 0.2) is 42.5 Å². The SMILES string of the molecule is CCC(C)C(NCCCc1cc(F)ccc1F)c1ccccc1C. The highest BCUT2D eigenvalue weighted by molar-refractivity contribution is 5.29. The van der Waals surface area contributed by atoms with Crippen molar-refractivity contribution in [3.63, 3.8) is 0 Å². The topological polar surface area (TPSA) is 12.0 Å². The quantitative estimate of drug-likeness (QED) is 0.622. The third kappa shape index (κ3) is 4.88. The number of hydrogen-bond donors (Lipinski definition) is 1. The molecule has 0 radical (unpaired) electrons. The lowest BCUT2D eigenvalue weighted by Crippen LogP contribution is -2.28. The lowest BCUT2D eigenvalue weighted by Gasteiger charge is -2.26. The molecular weight excluding hydrogens is 304 g/mol. The van der Waals surface area contributed by atoms with Gasteiger partial charge in [-0.15, -0.1) is 0 Å². The van der Waals surface area contributed by atoms with Crippen molar-refractivity contribution in [3.05, 3.63) is 70.8 Å². The van der Waals surface area contributed by atoms with Crippen LogP contribution in [0.3, 0.4) is 0 Å². The van der Waals surface area contributed by atoms with Crippen LogP contribution in [0.2, 0.25) is 0 Å². The normalized spacial score (nSPS) is 13.7. The zero-order valence-corrected chi connectivity index (χ0v) is 14.8. The van der Waals surface area contributed by atoms with Gasteiger partial charge in [0.05, 0.1) is 0 Å². The number of nitrogens with one attached hydrogen (secondary N) is 1. The Morgan fingerprint density at radius 3 is 2.54 bits per heavy atom. The number of rotatable bonds is 8. The molecule has 0 bridgehead atoms.